The van der Waals surface area contributed by atoms with Crippen LogP contribution in [0.25, 0.3) is 5.57 Å². The Morgan fingerprint density at radius 3 is 2.50 bits per heavy atom. The molecule has 1 aliphatic carbocycles. The monoisotopic (exact) mass is 595 g/mol. The topological polar surface area (TPSA) is 53.6 Å². The second-order valence-corrected chi connectivity index (χ2v) is 11.7. The Labute approximate surface area is 248 Å². The average Bonchev–Trinajstić information content (AvgIpc) is 3.84. The number of amides is 1. The van der Waals surface area contributed by atoms with Crippen LogP contribution in [0.15, 0.2) is 66.2 Å². The summed E-state index contributed by atoms with van der Waals surface area (Å²) in [6.45, 7) is 2.07. The highest BCUT2D eigenvalue weighted by molar-refractivity contribution is 6.31. The Bertz CT molecular complexity index is 1490. The average molecular weight is 596 g/mol. The van der Waals surface area contributed by atoms with Crippen molar-refractivity contribution in [2.24, 2.45) is 0 Å². The normalized spacial score (nSPS) is 20.0. The van der Waals surface area contributed by atoms with Crippen LogP contribution in [0.2, 0.25) is 5.02 Å². The van der Waals surface area contributed by atoms with Crippen molar-refractivity contribution in [1.82, 2.24) is 15.5 Å². The molecule has 3 aliphatic rings. The van der Waals surface area contributed by atoms with Crippen molar-refractivity contribution in [2.45, 2.75) is 56.8 Å². The summed E-state index contributed by atoms with van der Waals surface area (Å²) in [5.41, 5.74) is 4.89. The molecule has 9 heteroatoms. The van der Waals surface area contributed by atoms with E-state index in [-0.39, 0.29) is 30.6 Å². The SMILES string of the molecule is O=C(C1=C(c2ccc(CCCOc3c(F)ccc(F)c3F)cc2)CC2CNCC1N2)N(Cc1ccccc1Cl)C1CC1. The van der Waals surface area contributed by atoms with Gasteiger partial charge in [-0.05, 0) is 72.6 Å². The number of benzene rings is 3. The van der Waals surface area contributed by atoms with Gasteiger partial charge in [-0.25, -0.2) is 8.78 Å². The van der Waals surface area contributed by atoms with Gasteiger partial charge in [-0.1, -0.05) is 54.1 Å². The molecule has 2 unspecified atom stereocenters. The van der Waals surface area contributed by atoms with Crippen molar-refractivity contribution in [3.05, 3.63) is 105 Å². The largest absolute Gasteiger partial charge is 0.488 e. The fraction of sp³-hybridized carbons (Fsp3) is 0.364. The molecule has 2 fully saturated rings. The number of carbonyl (C=O) groups is 1. The van der Waals surface area contributed by atoms with Crippen LogP contribution in [0.4, 0.5) is 13.2 Å². The zero-order valence-corrected chi connectivity index (χ0v) is 23.9. The maximum absolute atomic E-state index is 14.3. The molecule has 1 amide bonds. The summed E-state index contributed by atoms with van der Waals surface area (Å²) in [4.78, 5) is 16.3. The third kappa shape index (κ3) is 6.21. The van der Waals surface area contributed by atoms with Crippen molar-refractivity contribution >= 4 is 23.1 Å². The smallest absolute Gasteiger partial charge is 0.252 e. The molecule has 2 N–H and O–H groups in total. The van der Waals surface area contributed by atoms with Gasteiger partial charge >= 0.3 is 0 Å². The lowest BCUT2D eigenvalue weighted by atomic mass is 9.83. The van der Waals surface area contributed by atoms with Crippen LogP contribution < -0.4 is 15.4 Å². The predicted octanol–water partition coefficient (Wildman–Crippen LogP) is 6.05. The fourth-order valence-electron chi connectivity index (χ4n) is 5.92. The molecule has 3 aromatic carbocycles. The number of nitrogens with zero attached hydrogens (tertiary/aromatic N) is 1. The maximum Gasteiger partial charge on any atom is 0.252 e. The molecule has 3 aromatic rings. The molecule has 2 atom stereocenters. The molecule has 2 bridgehead atoms. The number of piperazine rings is 1. The molecule has 0 aromatic heterocycles. The van der Waals surface area contributed by atoms with E-state index in [0.29, 0.717) is 31.0 Å². The summed E-state index contributed by atoms with van der Waals surface area (Å²) >= 11 is 6.48. The first-order valence-corrected chi connectivity index (χ1v) is 14.9. The highest BCUT2D eigenvalue weighted by atomic mass is 35.5. The number of aryl methyl sites for hydroxylation is 1. The van der Waals surface area contributed by atoms with Crippen molar-refractivity contribution in [3.63, 3.8) is 0 Å². The number of halogens is 4. The van der Waals surface area contributed by atoms with Gasteiger partial charge in [0.15, 0.2) is 17.4 Å². The first-order valence-electron chi connectivity index (χ1n) is 14.5. The van der Waals surface area contributed by atoms with Gasteiger partial charge < -0.3 is 20.3 Å². The number of rotatable bonds is 10. The van der Waals surface area contributed by atoms with E-state index < -0.39 is 23.2 Å². The van der Waals surface area contributed by atoms with E-state index in [4.69, 9.17) is 16.3 Å². The standard InChI is InChI=1S/C33H33ClF3N3O2/c34-26-6-2-1-5-22(26)19-40(24-11-12-24)33(41)30-25(16-23-17-38-18-29(30)39-23)21-9-7-20(8-10-21)4-3-15-42-32-28(36)14-13-27(35)31(32)37/h1-2,5-10,13-14,23-24,29,38-39H,3-4,11-12,15-19H2. The Morgan fingerprint density at radius 1 is 0.976 bits per heavy atom. The quantitative estimate of drug-likeness (QED) is 0.221. The molecule has 5 nitrogen and oxygen atoms in total. The molecular formula is C33H33ClF3N3O2. The van der Waals surface area contributed by atoms with Gasteiger partial charge in [0.1, 0.15) is 0 Å². The van der Waals surface area contributed by atoms with Gasteiger partial charge in [0.25, 0.3) is 5.91 Å². The predicted molar refractivity (Wildman–Crippen MR) is 157 cm³/mol. The summed E-state index contributed by atoms with van der Waals surface area (Å²) in [6.07, 6.45) is 3.85. The number of ether oxygens (including phenoxy) is 1. The summed E-state index contributed by atoms with van der Waals surface area (Å²) in [5.74, 6) is -4.01. The van der Waals surface area contributed by atoms with Gasteiger partial charge in [0, 0.05) is 42.3 Å². The molecular weight excluding hydrogens is 563 g/mol. The minimum atomic E-state index is -1.31. The van der Waals surface area contributed by atoms with E-state index in [2.05, 4.69) is 22.8 Å². The molecule has 6 rings (SSSR count). The lowest BCUT2D eigenvalue weighted by Crippen LogP contribution is -2.60. The second-order valence-electron chi connectivity index (χ2n) is 11.2. The van der Waals surface area contributed by atoms with E-state index >= 15 is 0 Å². The number of nitrogens with one attached hydrogen (secondary N) is 2. The van der Waals surface area contributed by atoms with Gasteiger partial charge in [-0.2, -0.15) is 4.39 Å². The van der Waals surface area contributed by atoms with Crippen LogP contribution >= 0.6 is 11.6 Å². The zero-order chi connectivity index (χ0) is 29.2. The van der Waals surface area contributed by atoms with Crippen LogP contribution in [0.5, 0.6) is 5.75 Å². The van der Waals surface area contributed by atoms with Crippen LogP contribution in [0.3, 0.4) is 0 Å². The summed E-state index contributed by atoms with van der Waals surface area (Å²) in [6, 6.07) is 17.8. The van der Waals surface area contributed by atoms with E-state index in [1.807, 2.05) is 41.3 Å². The highest BCUT2D eigenvalue weighted by Gasteiger charge is 2.41. The third-order valence-electron chi connectivity index (χ3n) is 8.24. The molecule has 0 radical (unpaired) electrons. The van der Waals surface area contributed by atoms with Crippen molar-refractivity contribution in [2.75, 3.05) is 19.7 Å². The van der Waals surface area contributed by atoms with Gasteiger partial charge in [-0.3, -0.25) is 4.79 Å². The Kier molecular flexibility index (Phi) is 8.56. The number of fused-ring (bicyclic) bond motifs is 2. The molecule has 1 saturated carbocycles. The Hall–Kier alpha value is -3.33. The van der Waals surface area contributed by atoms with E-state index in [9.17, 15) is 18.0 Å². The highest BCUT2D eigenvalue weighted by Crippen LogP contribution is 2.37. The van der Waals surface area contributed by atoms with Gasteiger partial charge in [0.05, 0.1) is 12.6 Å². The number of hydrogen-bond donors (Lipinski definition) is 2. The van der Waals surface area contributed by atoms with Crippen molar-refractivity contribution in [3.8, 4) is 5.75 Å². The number of hydrogen-bond acceptors (Lipinski definition) is 4. The van der Waals surface area contributed by atoms with Crippen LogP contribution in [0, 0.1) is 17.5 Å². The van der Waals surface area contributed by atoms with E-state index in [0.717, 1.165) is 65.8 Å². The molecule has 0 spiro atoms. The minimum absolute atomic E-state index is 0.0489. The minimum Gasteiger partial charge on any atom is -0.488 e. The first kappa shape index (κ1) is 28.8. The molecule has 1 saturated heterocycles. The molecule has 220 valence electrons. The first-order chi connectivity index (χ1) is 20.4. The van der Waals surface area contributed by atoms with E-state index in [1.54, 1.807) is 0 Å². The zero-order valence-electron chi connectivity index (χ0n) is 23.1. The molecule has 2 heterocycles. The molecule has 42 heavy (non-hydrogen) atoms. The second kappa shape index (κ2) is 12.5. The number of carbonyl (C=O) groups excluding carboxylic acids is 1. The summed E-state index contributed by atoms with van der Waals surface area (Å²) < 4.78 is 46.3. The summed E-state index contributed by atoms with van der Waals surface area (Å²) in [7, 11) is 0. The van der Waals surface area contributed by atoms with Crippen LogP contribution in [-0.4, -0.2) is 48.6 Å². The van der Waals surface area contributed by atoms with Crippen molar-refractivity contribution in [1.29, 1.82) is 0 Å². The fourth-order valence-corrected chi connectivity index (χ4v) is 6.12. The maximum atomic E-state index is 14.3. The lowest BCUT2D eigenvalue weighted by molar-refractivity contribution is -0.128. The van der Waals surface area contributed by atoms with Crippen LogP contribution in [0.1, 0.15) is 42.4 Å². The van der Waals surface area contributed by atoms with Crippen LogP contribution in [-0.2, 0) is 17.8 Å². The van der Waals surface area contributed by atoms with Gasteiger partial charge in [0.2, 0.25) is 5.82 Å². The lowest BCUT2D eigenvalue weighted by Gasteiger charge is -2.41. The Morgan fingerprint density at radius 2 is 1.74 bits per heavy atom. The van der Waals surface area contributed by atoms with Crippen molar-refractivity contribution < 1.29 is 22.7 Å². The molecule has 2 aliphatic heterocycles. The Balaban J connectivity index is 1.19. The third-order valence-corrected chi connectivity index (χ3v) is 8.61. The van der Waals surface area contributed by atoms with Gasteiger partial charge in [-0.15, -0.1) is 0 Å². The summed E-state index contributed by atoms with van der Waals surface area (Å²) in [5, 5.41) is 7.80. The van der Waals surface area contributed by atoms with E-state index in [1.165, 1.54) is 0 Å².